The summed E-state index contributed by atoms with van der Waals surface area (Å²) in [6.07, 6.45) is 15.5. The number of aryl methyl sites for hydroxylation is 2. The molecule has 2 aliphatic carbocycles. The van der Waals surface area contributed by atoms with Crippen LogP contribution in [0.25, 0.3) is 0 Å². The third kappa shape index (κ3) is 3.71. The first kappa shape index (κ1) is 17.2. The Morgan fingerprint density at radius 3 is 1.84 bits per heavy atom. The van der Waals surface area contributed by atoms with Gasteiger partial charge in [-0.3, -0.25) is 0 Å². The third-order valence-electron chi connectivity index (χ3n) is 4.84. The Morgan fingerprint density at radius 1 is 0.880 bits per heavy atom. The lowest BCUT2D eigenvalue weighted by molar-refractivity contribution is -0.110. The third-order valence-corrected chi connectivity index (χ3v) is 4.84. The number of aldehydes is 2. The first-order valence-corrected chi connectivity index (χ1v) is 8.67. The van der Waals surface area contributed by atoms with Crippen LogP contribution in [0, 0.1) is 25.7 Å². The summed E-state index contributed by atoms with van der Waals surface area (Å²) in [5.74, 6) is -0.0821. The van der Waals surface area contributed by atoms with E-state index in [2.05, 4.69) is 49.1 Å². The first-order chi connectivity index (χ1) is 12.1. The van der Waals surface area contributed by atoms with Crippen LogP contribution >= 0.6 is 0 Å². The minimum Gasteiger partial charge on any atom is -0.311 e. The molecule has 1 aromatic rings. The normalized spacial score (nSPS) is 22.2. The number of carbonyl (C=O) groups is 2. The average Bonchev–Trinajstić information content (AvgIpc) is 2.66. The molecule has 0 heterocycles. The van der Waals surface area contributed by atoms with Crippen LogP contribution in [0.1, 0.15) is 24.0 Å². The smallest absolute Gasteiger partial charge is 0.127 e. The Morgan fingerprint density at radius 2 is 1.44 bits per heavy atom. The lowest BCUT2D eigenvalue weighted by atomic mass is 9.97. The number of nitrogens with zero attached hydrogens (tertiary/aromatic N) is 1. The first-order valence-electron chi connectivity index (χ1n) is 8.67. The van der Waals surface area contributed by atoms with E-state index in [4.69, 9.17) is 0 Å². The summed E-state index contributed by atoms with van der Waals surface area (Å²) in [5.41, 5.74) is 5.69. The molecule has 0 radical (unpaired) electrons. The fraction of sp³-hybridized carbons (Fsp3) is 0.273. The van der Waals surface area contributed by atoms with Gasteiger partial charge in [-0.1, -0.05) is 30.4 Å². The van der Waals surface area contributed by atoms with E-state index < -0.39 is 0 Å². The topological polar surface area (TPSA) is 37.4 Å². The highest BCUT2D eigenvalue weighted by molar-refractivity contribution is 5.68. The van der Waals surface area contributed by atoms with Gasteiger partial charge < -0.3 is 14.5 Å². The number of benzene rings is 1. The van der Waals surface area contributed by atoms with Crippen molar-refractivity contribution in [3.05, 3.63) is 77.2 Å². The van der Waals surface area contributed by atoms with Crippen LogP contribution in [0.3, 0.4) is 0 Å². The van der Waals surface area contributed by atoms with E-state index in [0.29, 0.717) is 12.8 Å². The molecule has 2 aliphatic rings. The molecule has 0 saturated carbocycles. The molecule has 0 saturated heterocycles. The van der Waals surface area contributed by atoms with Crippen LogP contribution in [0.2, 0.25) is 0 Å². The minimum atomic E-state index is -0.0410. The number of rotatable bonds is 5. The van der Waals surface area contributed by atoms with Crippen LogP contribution in [-0.4, -0.2) is 12.6 Å². The number of carbonyl (C=O) groups excluding carboxylic acids is 2. The largest absolute Gasteiger partial charge is 0.311 e. The highest BCUT2D eigenvalue weighted by Crippen LogP contribution is 2.32. The van der Waals surface area contributed by atoms with Crippen molar-refractivity contribution >= 4 is 18.3 Å². The summed E-state index contributed by atoms with van der Waals surface area (Å²) in [6.45, 7) is 4.21. The second-order valence-corrected chi connectivity index (χ2v) is 6.65. The van der Waals surface area contributed by atoms with Crippen LogP contribution in [0.5, 0.6) is 0 Å². The van der Waals surface area contributed by atoms with E-state index in [-0.39, 0.29) is 11.8 Å². The number of allylic oxidation sites excluding steroid dienone is 6. The summed E-state index contributed by atoms with van der Waals surface area (Å²) < 4.78 is 0. The SMILES string of the molecule is Cc1ccc(N(C2=CCC(C=O)C=C2)C2=CCC(C=O)C=C2)cc1C. The maximum atomic E-state index is 11.0. The zero-order valence-electron chi connectivity index (χ0n) is 14.7. The number of anilines is 1. The molecule has 0 fully saturated rings. The van der Waals surface area contributed by atoms with Crippen LogP contribution in [0.4, 0.5) is 5.69 Å². The van der Waals surface area contributed by atoms with Gasteiger partial charge >= 0.3 is 0 Å². The molecule has 3 heteroatoms. The number of hydrogen-bond acceptors (Lipinski definition) is 3. The number of hydrogen-bond donors (Lipinski definition) is 0. The molecule has 1 aromatic carbocycles. The molecule has 0 aliphatic heterocycles. The Hall–Kier alpha value is -2.68. The van der Waals surface area contributed by atoms with Crippen molar-refractivity contribution in [1.82, 2.24) is 0 Å². The standard InChI is InChI=1S/C22H23NO2/c1-16-3-8-22(13-17(16)2)23(20-9-4-18(14-24)5-10-20)21-11-6-19(15-25)7-12-21/h3-4,6,8-15,18-19H,5,7H2,1-2H3. The molecule has 3 nitrogen and oxygen atoms in total. The summed E-state index contributed by atoms with van der Waals surface area (Å²) >= 11 is 0. The maximum Gasteiger partial charge on any atom is 0.127 e. The fourth-order valence-electron chi connectivity index (χ4n) is 3.10. The van der Waals surface area contributed by atoms with E-state index >= 15 is 0 Å². The van der Waals surface area contributed by atoms with Gasteiger partial charge in [0.1, 0.15) is 12.6 Å². The Bertz CT molecular complexity index is 756. The second kappa shape index (κ2) is 7.47. The molecule has 2 atom stereocenters. The maximum absolute atomic E-state index is 11.0. The molecule has 0 spiro atoms. The summed E-state index contributed by atoms with van der Waals surface area (Å²) in [4.78, 5) is 24.2. The summed E-state index contributed by atoms with van der Waals surface area (Å²) in [7, 11) is 0. The van der Waals surface area contributed by atoms with Crippen molar-refractivity contribution < 1.29 is 9.59 Å². The summed E-state index contributed by atoms with van der Waals surface area (Å²) in [5, 5.41) is 0. The van der Waals surface area contributed by atoms with Crippen molar-refractivity contribution in [2.24, 2.45) is 11.8 Å². The van der Waals surface area contributed by atoms with Gasteiger partial charge in [0.25, 0.3) is 0 Å². The Labute approximate surface area is 149 Å². The van der Waals surface area contributed by atoms with Crippen molar-refractivity contribution in [3.8, 4) is 0 Å². The van der Waals surface area contributed by atoms with E-state index in [9.17, 15) is 9.59 Å². The monoisotopic (exact) mass is 333 g/mol. The van der Waals surface area contributed by atoms with Gasteiger partial charge in [0.05, 0.1) is 0 Å². The molecule has 0 aromatic heterocycles. The van der Waals surface area contributed by atoms with Gasteiger partial charge in [0, 0.05) is 28.9 Å². The second-order valence-electron chi connectivity index (χ2n) is 6.65. The van der Waals surface area contributed by atoms with Crippen molar-refractivity contribution in [1.29, 1.82) is 0 Å². The molecule has 25 heavy (non-hydrogen) atoms. The summed E-state index contributed by atoms with van der Waals surface area (Å²) in [6, 6.07) is 6.42. The zero-order chi connectivity index (χ0) is 17.8. The molecule has 2 unspecified atom stereocenters. The Kier molecular flexibility index (Phi) is 5.13. The highest BCUT2D eigenvalue weighted by atomic mass is 16.1. The van der Waals surface area contributed by atoms with E-state index in [1.165, 1.54) is 11.1 Å². The Balaban J connectivity index is 1.99. The molecular formula is C22H23NO2. The van der Waals surface area contributed by atoms with E-state index in [1.807, 2.05) is 24.3 Å². The predicted octanol–water partition coefficient (Wildman–Crippen LogP) is 4.43. The lowest BCUT2D eigenvalue weighted by Crippen LogP contribution is -2.23. The van der Waals surface area contributed by atoms with Crippen LogP contribution in [-0.2, 0) is 9.59 Å². The van der Waals surface area contributed by atoms with Gasteiger partial charge in [-0.05, 0) is 62.1 Å². The average molecular weight is 333 g/mol. The van der Waals surface area contributed by atoms with E-state index in [0.717, 1.165) is 29.7 Å². The van der Waals surface area contributed by atoms with Crippen molar-refractivity contribution in [3.63, 3.8) is 0 Å². The zero-order valence-corrected chi connectivity index (χ0v) is 14.7. The minimum absolute atomic E-state index is 0.0410. The molecule has 0 amide bonds. The predicted molar refractivity (Wildman–Crippen MR) is 101 cm³/mol. The van der Waals surface area contributed by atoms with Crippen molar-refractivity contribution in [2.75, 3.05) is 4.90 Å². The van der Waals surface area contributed by atoms with Gasteiger partial charge in [-0.15, -0.1) is 0 Å². The van der Waals surface area contributed by atoms with Gasteiger partial charge in [-0.2, -0.15) is 0 Å². The fourth-order valence-corrected chi connectivity index (χ4v) is 3.10. The van der Waals surface area contributed by atoms with Crippen molar-refractivity contribution in [2.45, 2.75) is 26.7 Å². The van der Waals surface area contributed by atoms with Crippen LogP contribution < -0.4 is 4.90 Å². The molecule has 128 valence electrons. The van der Waals surface area contributed by atoms with Crippen LogP contribution in [0.15, 0.2) is 66.0 Å². The quantitative estimate of drug-likeness (QED) is 0.748. The molecular weight excluding hydrogens is 310 g/mol. The molecule has 0 N–H and O–H groups in total. The van der Waals surface area contributed by atoms with Gasteiger partial charge in [0.2, 0.25) is 0 Å². The van der Waals surface area contributed by atoms with Gasteiger partial charge in [-0.25, -0.2) is 0 Å². The van der Waals surface area contributed by atoms with E-state index in [1.54, 1.807) is 0 Å². The van der Waals surface area contributed by atoms with Gasteiger partial charge in [0.15, 0.2) is 0 Å². The molecule has 3 rings (SSSR count). The molecule has 0 bridgehead atoms. The highest BCUT2D eigenvalue weighted by Gasteiger charge is 2.20. The lowest BCUT2D eigenvalue weighted by Gasteiger charge is -2.31.